The van der Waals surface area contributed by atoms with E-state index >= 15 is 0 Å². The van der Waals surface area contributed by atoms with Crippen LogP contribution in [0.5, 0.6) is 0 Å². The lowest BCUT2D eigenvalue weighted by Crippen LogP contribution is -2.14. The van der Waals surface area contributed by atoms with E-state index in [4.69, 9.17) is 0 Å². The molecule has 1 aromatic heterocycles. The molecule has 2 rings (SSSR count). The summed E-state index contributed by atoms with van der Waals surface area (Å²) in [4.78, 5) is 11.7. The zero-order valence-corrected chi connectivity index (χ0v) is 11.9. The van der Waals surface area contributed by atoms with Crippen LogP contribution in [0.3, 0.4) is 0 Å². The van der Waals surface area contributed by atoms with Crippen LogP contribution < -0.4 is 5.32 Å². The molecule has 0 aliphatic heterocycles. The van der Waals surface area contributed by atoms with Crippen molar-refractivity contribution in [2.45, 2.75) is 5.16 Å². The van der Waals surface area contributed by atoms with E-state index < -0.39 is 0 Å². The van der Waals surface area contributed by atoms with E-state index in [1.54, 1.807) is 7.05 Å². The number of nitrogens with one attached hydrogen (secondary N) is 1. The van der Waals surface area contributed by atoms with Gasteiger partial charge in [-0.3, -0.25) is 4.79 Å². The Bertz CT molecular complexity index is 541. The van der Waals surface area contributed by atoms with Crippen LogP contribution in [0.1, 0.15) is 0 Å². The van der Waals surface area contributed by atoms with Crippen LogP contribution in [-0.2, 0) is 11.8 Å². The van der Waals surface area contributed by atoms with Gasteiger partial charge in [0, 0.05) is 17.2 Å². The summed E-state index contributed by atoms with van der Waals surface area (Å²) >= 11 is 4.62. The molecule has 0 radical (unpaired) electrons. The van der Waals surface area contributed by atoms with Gasteiger partial charge in [0.05, 0.1) is 5.75 Å². The molecule has 6 nitrogen and oxygen atoms in total. The van der Waals surface area contributed by atoms with Gasteiger partial charge in [-0.05, 0) is 34.7 Å². The molecule has 0 saturated carbocycles. The maximum Gasteiger partial charge on any atom is 0.234 e. The van der Waals surface area contributed by atoms with Crippen LogP contribution in [0.4, 0.5) is 5.69 Å². The molecule has 0 unspecified atom stereocenters. The number of halogens is 1. The van der Waals surface area contributed by atoms with E-state index in [1.165, 1.54) is 16.4 Å². The molecule has 1 amide bonds. The van der Waals surface area contributed by atoms with Crippen molar-refractivity contribution in [1.29, 1.82) is 0 Å². The van der Waals surface area contributed by atoms with Crippen LogP contribution >= 0.6 is 27.7 Å². The summed E-state index contributed by atoms with van der Waals surface area (Å²) in [5, 5.41) is 14.4. The number of hydrogen-bond acceptors (Lipinski definition) is 5. The minimum absolute atomic E-state index is 0.0923. The highest BCUT2D eigenvalue weighted by atomic mass is 79.9. The van der Waals surface area contributed by atoms with Gasteiger partial charge in [0.25, 0.3) is 0 Å². The third-order valence-electron chi connectivity index (χ3n) is 2.04. The molecule has 0 bridgehead atoms. The Balaban J connectivity index is 1.86. The number of aryl methyl sites for hydroxylation is 1. The fourth-order valence-corrected chi connectivity index (χ4v) is 2.12. The molecular weight excluding hydrogens is 318 g/mol. The summed E-state index contributed by atoms with van der Waals surface area (Å²) in [6.45, 7) is 0. The highest BCUT2D eigenvalue weighted by Crippen LogP contribution is 2.16. The van der Waals surface area contributed by atoms with Gasteiger partial charge in [-0.1, -0.05) is 27.7 Å². The van der Waals surface area contributed by atoms with E-state index in [1.807, 2.05) is 24.3 Å². The molecule has 2 aromatic rings. The van der Waals surface area contributed by atoms with Gasteiger partial charge in [-0.15, -0.1) is 5.10 Å². The van der Waals surface area contributed by atoms with E-state index in [0.29, 0.717) is 5.16 Å². The molecule has 0 spiro atoms. The van der Waals surface area contributed by atoms with Crippen LogP contribution in [0.25, 0.3) is 0 Å². The highest BCUT2D eigenvalue weighted by molar-refractivity contribution is 9.10. The quantitative estimate of drug-likeness (QED) is 0.865. The number of thioether (sulfide) groups is 1. The Kier molecular flexibility index (Phi) is 4.32. The van der Waals surface area contributed by atoms with Crippen molar-refractivity contribution >= 4 is 39.3 Å². The molecule has 0 atom stereocenters. The van der Waals surface area contributed by atoms with Gasteiger partial charge in [0.2, 0.25) is 11.1 Å². The number of carbonyl (C=O) groups excluding carboxylic acids is 1. The Morgan fingerprint density at radius 1 is 1.44 bits per heavy atom. The summed E-state index contributed by atoms with van der Waals surface area (Å²) < 4.78 is 2.50. The normalized spacial score (nSPS) is 10.3. The summed E-state index contributed by atoms with van der Waals surface area (Å²) in [6, 6.07) is 7.40. The van der Waals surface area contributed by atoms with Crippen LogP contribution in [0.15, 0.2) is 33.9 Å². The lowest BCUT2D eigenvalue weighted by molar-refractivity contribution is -0.113. The molecule has 0 saturated heterocycles. The second-order valence-electron chi connectivity index (χ2n) is 3.43. The first-order valence-corrected chi connectivity index (χ1v) is 6.83. The SMILES string of the molecule is Cn1nnnc1SCC(=O)Nc1ccc(Br)cc1. The molecule has 94 valence electrons. The first kappa shape index (κ1) is 13.0. The number of amides is 1. The van der Waals surface area contributed by atoms with E-state index in [-0.39, 0.29) is 11.7 Å². The van der Waals surface area contributed by atoms with Crippen molar-refractivity contribution in [3.8, 4) is 0 Å². The predicted molar refractivity (Wildman–Crippen MR) is 72.3 cm³/mol. The molecule has 0 aliphatic carbocycles. The fraction of sp³-hybridized carbons (Fsp3) is 0.200. The maximum absolute atomic E-state index is 11.7. The summed E-state index contributed by atoms with van der Waals surface area (Å²) in [5.74, 6) is 0.176. The first-order valence-electron chi connectivity index (χ1n) is 5.06. The molecule has 1 aromatic carbocycles. The van der Waals surface area contributed by atoms with E-state index in [9.17, 15) is 4.79 Å². The summed E-state index contributed by atoms with van der Waals surface area (Å²) in [5.41, 5.74) is 0.764. The zero-order valence-electron chi connectivity index (χ0n) is 9.50. The number of rotatable bonds is 4. The van der Waals surface area contributed by atoms with Gasteiger partial charge < -0.3 is 5.32 Å². The smallest absolute Gasteiger partial charge is 0.234 e. The van der Waals surface area contributed by atoms with E-state index in [2.05, 4.69) is 36.8 Å². The number of anilines is 1. The molecule has 18 heavy (non-hydrogen) atoms. The Morgan fingerprint density at radius 3 is 2.78 bits per heavy atom. The fourth-order valence-electron chi connectivity index (χ4n) is 1.20. The zero-order chi connectivity index (χ0) is 13.0. The highest BCUT2D eigenvalue weighted by Gasteiger charge is 2.07. The number of benzene rings is 1. The van der Waals surface area contributed by atoms with Gasteiger partial charge in [0.1, 0.15) is 0 Å². The monoisotopic (exact) mass is 327 g/mol. The standard InChI is InChI=1S/C10H10BrN5OS/c1-16-10(13-14-15-16)18-6-9(17)12-8-4-2-7(11)3-5-8/h2-5H,6H2,1H3,(H,12,17). The second-order valence-corrected chi connectivity index (χ2v) is 5.29. The summed E-state index contributed by atoms with van der Waals surface area (Å²) in [6.07, 6.45) is 0. The number of tetrazole rings is 1. The third kappa shape index (κ3) is 3.54. The average molecular weight is 328 g/mol. The van der Waals surface area contributed by atoms with Crippen molar-refractivity contribution in [3.05, 3.63) is 28.7 Å². The van der Waals surface area contributed by atoms with Crippen molar-refractivity contribution in [3.63, 3.8) is 0 Å². The van der Waals surface area contributed by atoms with Crippen molar-refractivity contribution < 1.29 is 4.79 Å². The second kappa shape index (κ2) is 5.96. The van der Waals surface area contributed by atoms with Crippen LogP contribution in [-0.4, -0.2) is 31.9 Å². The van der Waals surface area contributed by atoms with Gasteiger partial charge in [-0.25, -0.2) is 4.68 Å². The number of hydrogen-bond donors (Lipinski definition) is 1. The minimum Gasteiger partial charge on any atom is -0.325 e. The molecule has 0 fully saturated rings. The summed E-state index contributed by atoms with van der Waals surface area (Å²) in [7, 11) is 1.73. The van der Waals surface area contributed by atoms with E-state index in [0.717, 1.165) is 10.2 Å². The molecule has 1 heterocycles. The first-order chi connectivity index (χ1) is 8.65. The minimum atomic E-state index is -0.0923. The van der Waals surface area contributed by atoms with Crippen molar-refractivity contribution in [1.82, 2.24) is 20.2 Å². The third-order valence-corrected chi connectivity index (χ3v) is 3.58. The van der Waals surface area contributed by atoms with Crippen LogP contribution in [0.2, 0.25) is 0 Å². The van der Waals surface area contributed by atoms with Gasteiger partial charge >= 0.3 is 0 Å². The molecule has 1 N–H and O–H groups in total. The lowest BCUT2D eigenvalue weighted by Gasteiger charge is -2.04. The Labute approximate surface area is 116 Å². The van der Waals surface area contributed by atoms with Gasteiger partial charge in [-0.2, -0.15) is 0 Å². The van der Waals surface area contributed by atoms with Crippen LogP contribution in [0, 0.1) is 0 Å². The molecule has 8 heteroatoms. The average Bonchev–Trinajstić information content (AvgIpc) is 2.75. The molecule has 0 aliphatic rings. The van der Waals surface area contributed by atoms with Crippen molar-refractivity contribution in [2.75, 3.05) is 11.1 Å². The number of nitrogens with zero attached hydrogens (tertiary/aromatic N) is 4. The van der Waals surface area contributed by atoms with Crippen molar-refractivity contribution in [2.24, 2.45) is 7.05 Å². The maximum atomic E-state index is 11.7. The number of aromatic nitrogens is 4. The van der Waals surface area contributed by atoms with Gasteiger partial charge in [0.15, 0.2) is 0 Å². The predicted octanol–water partition coefficient (Wildman–Crippen LogP) is 1.70. The largest absolute Gasteiger partial charge is 0.325 e. The Morgan fingerprint density at radius 2 is 2.17 bits per heavy atom. The Hall–Kier alpha value is -1.41. The molecular formula is C10H10BrN5OS. The number of carbonyl (C=O) groups is 1. The topological polar surface area (TPSA) is 72.7 Å². The lowest BCUT2D eigenvalue weighted by atomic mass is 10.3.